The Balaban J connectivity index is 2.22. The molecule has 0 aliphatic carbocycles. The minimum atomic E-state index is -1.07. The van der Waals surface area contributed by atoms with Gasteiger partial charge in [0.05, 0.1) is 17.3 Å². The van der Waals surface area contributed by atoms with Crippen molar-refractivity contribution in [3.05, 3.63) is 51.5 Å². The number of rotatable bonds is 4. The quantitative estimate of drug-likeness (QED) is 0.887. The normalized spacial score (nSPS) is 12.2. The summed E-state index contributed by atoms with van der Waals surface area (Å²) in [6, 6.07) is 7.64. The molecule has 5 heteroatoms. The van der Waals surface area contributed by atoms with Crippen LogP contribution < -0.4 is 5.32 Å². The molecule has 2 rings (SSSR count). The van der Waals surface area contributed by atoms with Gasteiger partial charge in [0.1, 0.15) is 5.82 Å². The third-order valence-corrected chi connectivity index (χ3v) is 3.96. The predicted molar refractivity (Wildman–Crippen MR) is 74.5 cm³/mol. The fourth-order valence-electron chi connectivity index (χ4n) is 1.76. The number of carboxylic acid groups (broad SMARTS) is 1. The van der Waals surface area contributed by atoms with Crippen molar-refractivity contribution in [3.63, 3.8) is 0 Å². The molecule has 2 aromatic rings. The fourth-order valence-corrected chi connectivity index (χ4v) is 2.64. The molecule has 1 heterocycles. The predicted octanol–water partition coefficient (Wildman–Crippen LogP) is 4.07. The first-order valence-corrected chi connectivity index (χ1v) is 6.64. The van der Waals surface area contributed by atoms with Gasteiger partial charge in [0.15, 0.2) is 0 Å². The molecule has 0 saturated heterocycles. The smallest absolute Gasteiger partial charge is 0.335 e. The largest absolute Gasteiger partial charge is 0.478 e. The maximum atomic E-state index is 13.7. The minimum absolute atomic E-state index is 0.0680. The lowest BCUT2D eigenvalue weighted by molar-refractivity contribution is 0.0697. The van der Waals surface area contributed by atoms with Gasteiger partial charge in [0, 0.05) is 9.75 Å². The summed E-state index contributed by atoms with van der Waals surface area (Å²) in [5.41, 5.74) is 0.275. The van der Waals surface area contributed by atoms with Gasteiger partial charge >= 0.3 is 5.97 Å². The van der Waals surface area contributed by atoms with Gasteiger partial charge in [-0.3, -0.25) is 0 Å². The van der Waals surface area contributed by atoms with Crippen LogP contribution in [0.3, 0.4) is 0 Å². The molecule has 0 fully saturated rings. The van der Waals surface area contributed by atoms with Crippen LogP contribution in [-0.2, 0) is 0 Å². The summed E-state index contributed by atoms with van der Waals surface area (Å²) in [5.74, 6) is -1.52. The van der Waals surface area contributed by atoms with Crippen LogP contribution in [0.2, 0.25) is 0 Å². The highest BCUT2D eigenvalue weighted by Crippen LogP contribution is 2.27. The monoisotopic (exact) mass is 279 g/mol. The summed E-state index contributed by atoms with van der Waals surface area (Å²) in [6.45, 7) is 3.92. The summed E-state index contributed by atoms with van der Waals surface area (Å²) in [6.07, 6.45) is 0. The Morgan fingerprint density at radius 1 is 1.37 bits per heavy atom. The van der Waals surface area contributed by atoms with Crippen LogP contribution in [0.15, 0.2) is 30.3 Å². The molecule has 1 unspecified atom stereocenters. The van der Waals surface area contributed by atoms with E-state index in [0.717, 1.165) is 10.9 Å². The topological polar surface area (TPSA) is 49.3 Å². The van der Waals surface area contributed by atoms with Crippen LogP contribution in [-0.4, -0.2) is 11.1 Å². The Morgan fingerprint density at radius 3 is 2.68 bits per heavy atom. The van der Waals surface area contributed by atoms with E-state index in [9.17, 15) is 9.18 Å². The highest BCUT2D eigenvalue weighted by molar-refractivity contribution is 7.12. The molecule has 1 aromatic carbocycles. The molecule has 0 bridgehead atoms. The van der Waals surface area contributed by atoms with Gasteiger partial charge in [0.2, 0.25) is 0 Å². The van der Waals surface area contributed by atoms with Crippen molar-refractivity contribution in [2.24, 2.45) is 0 Å². The van der Waals surface area contributed by atoms with E-state index in [1.54, 1.807) is 11.3 Å². The number of halogens is 1. The number of thiophene rings is 1. The molecular formula is C14H14FNO2S. The lowest BCUT2D eigenvalue weighted by Gasteiger charge is -2.14. The molecule has 0 spiro atoms. The lowest BCUT2D eigenvalue weighted by Crippen LogP contribution is -2.08. The van der Waals surface area contributed by atoms with E-state index < -0.39 is 11.8 Å². The van der Waals surface area contributed by atoms with Gasteiger partial charge in [-0.25, -0.2) is 9.18 Å². The van der Waals surface area contributed by atoms with Crippen LogP contribution >= 0.6 is 11.3 Å². The number of aromatic carboxylic acids is 1. The summed E-state index contributed by atoms with van der Waals surface area (Å²) < 4.78 is 13.7. The van der Waals surface area contributed by atoms with Gasteiger partial charge < -0.3 is 10.4 Å². The number of hydrogen-bond acceptors (Lipinski definition) is 3. The van der Waals surface area contributed by atoms with E-state index >= 15 is 0 Å². The van der Waals surface area contributed by atoms with Crippen LogP contribution in [0, 0.1) is 12.7 Å². The van der Waals surface area contributed by atoms with Gasteiger partial charge in [-0.05, 0) is 44.2 Å². The average molecular weight is 279 g/mol. The van der Waals surface area contributed by atoms with E-state index in [4.69, 9.17) is 5.11 Å². The Bertz CT molecular complexity index is 609. The van der Waals surface area contributed by atoms with Gasteiger partial charge in [-0.15, -0.1) is 11.3 Å². The molecule has 0 amide bonds. The van der Waals surface area contributed by atoms with Crippen molar-refractivity contribution in [2.75, 3.05) is 5.32 Å². The standard InChI is InChI=1S/C14H14FNO2S/c1-8-3-6-13(19-8)9(2)16-12-7-10(14(17)18)4-5-11(12)15/h3-7,9,16H,1-2H3,(H,17,18). The average Bonchev–Trinajstić information content (AvgIpc) is 2.78. The van der Waals surface area contributed by atoms with E-state index in [1.807, 2.05) is 26.0 Å². The first-order valence-electron chi connectivity index (χ1n) is 5.83. The Labute approximate surface area is 114 Å². The van der Waals surface area contributed by atoms with E-state index in [0.29, 0.717) is 0 Å². The first-order chi connectivity index (χ1) is 8.97. The number of hydrogen-bond donors (Lipinski definition) is 2. The van der Waals surface area contributed by atoms with Crippen molar-refractivity contribution in [1.29, 1.82) is 0 Å². The zero-order valence-corrected chi connectivity index (χ0v) is 11.4. The summed E-state index contributed by atoms with van der Waals surface area (Å²) in [5, 5.41) is 11.9. The molecule has 0 aliphatic rings. The summed E-state index contributed by atoms with van der Waals surface area (Å²) in [4.78, 5) is 13.1. The number of carbonyl (C=O) groups is 1. The molecule has 19 heavy (non-hydrogen) atoms. The highest BCUT2D eigenvalue weighted by Gasteiger charge is 2.12. The maximum Gasteiger partial charge on any atom is 0.335 e. The zero-order valence-electron chi connectivity index (χ0n) is 10.6. The second-order valence-electron chi connectivity index (χ2n) is 4.31. The summed E-state index contributed by atoms with van der Waals surface area (Å²) >= 11 is 1.63. The molecule has 0 saturated carbocycles. The molecule has 0 radical (unpaired) electrons. The Morgan fingerprint density at radius 2 is 2.11 bits per heavy atom. The molecule has 1 aromatic heterocycles. The molecule has 3 nitrogen and oxygen atoms in total. The SMILES string of the molecule is Cc1ccc(C(C)Nc2cc(C(=O)O)ccc2F)s1. The number of carboxylic acids is 1. The minimum Gasteiger partial charge on any atom is -0.478 e. The van der Waals surface area contributed by atoms with E-state index in [2.05, 4.69) is 5.32 Å². The fraction of sp³-hybridized carbons (Fsp3) is 0.214. The maximum absolute atomic E-state index is 13.7. The van der Waals surface area contributed by atoms with E-state index in [1.165, 1.54) is 17.0 Å². The second-order valence-corrected chi connectivity index (χ2v) is 5.63. The van der Waals surface area contributed by atoms with Gasteiger partial charge in [-0.1, -0.05) is 0 Å². The van der Waals surface area contributed by atoms with Crippen molar-refractivity contribution >= 4 is 23.0 Å². The van der Waals surface area contributed by atoms with Crippen molar-refractivity contribution in [1.82, 2.24) is 0 Å². The summed E-state index contributed by atoms with van der Waals surface area (Å²) in [7, 11) is 0. The van der Waals surface area contributed by atoms with Crippen molar-refractivity contribution in [3.8, 4) is 0 Å². The van der Waals surface area contributed by atoms with Crippen LogP contribution in [0.25, 0.3) is 0 Å². The third kappa shape index (κ3) is 3.12. The molecular weight excluding hydrogens is 265 g/mol. The number of anilines is 1. The Hall–Kier alpha value is -1.88. The number of nitrogens with one attached hydrogen (secondary N) is 1. The number of aryl methyl sites for hydroxylation is 1. The third-order valence-electron chi connectivity index (χ3n) is 2.77. The van der Waals surface area contributed by atoms with Gasteiger partial charge in [-0.2, -0.15) is 0 Å². The molecule has 0 aliphatic heterocycles. The number of benzene rings is 1. The van der Waals surface area contributed by atoms with Crippen LogP contribution in [0.5, 0.6) is 0 Å². The zero-order chi connectivity index (χ0) is 14.0. The van der Waals surface area contributed by atoms with Crippen LogP contribution in [0.1, 0.15) is 33.1 Å². The first kappa shape index (κ1) is 13.5. The molecule has 2 N–H and O–H groups in total. The van der Waals surface area contributed by atoms with Gasteiger partial charge in [0.25, 0.3) is 0 Å². The highest BCUT2D eigenvalue weighted by atomic mass is 32.1. The van der Waals surface area contributed by atoms with Crippen LogP contribution in [0.4, 0.5) is 10.1 Å². The lowest BCUT2D eigenvalue weighted by atomic mass is 10.1. The second kappa shape index (κ2) is 5.40. The molecule has 100 valence electrons. The Kier molecular flexibility index (Phi) is 3.85. The van der Waals surface area contributed by atoms with Crippen molar-refractivity contribution in [2.45, 2.75) is 19.9 Å². The van der Waals surface area contributed by atoms with Crippen molar-refractivity contribution < 1.29 is 14.3 Å². The van der Waals surface area contributed by atoms with E-state index in [-0.39, 0.29) is 17.3 Å². The molecule has 1 atom stereocenters.